The zero-order valence-corrected chi connectivity index (χ0v) is 10.2. The van der Waals surface area contributed by atoms with Gasteiger partial charge in [-0.05, 0) is 37.5 Å². The van der Waals surface area contributed by atoms with Crippen LogP contribution in [0.25, 0.3) is 0 Å². The maximum Gasteiger partial charge on any atom is 0.322 e. The first-order valence-corrected chi connectivity index (χ1v) is 5.92. The summed E-state index contributed by atoms with van der Waals surface area (Å²) in [5.41, 5.74) is -0.308. The monoisotopic (exact) mass is 262 g/mol. The number of Topliss-reactive ketones (excluding diaryl/α,β-unsaturated/α-hetero) is 1. The number of ketones is 1. The average molecular weight is 262 g/mol. The number of carbonyl (C=O) groups is 3. The Balaban J connectivity index is 2.26. The van der Waals surface area contributed by atoms with Gasteiger partial charge in [0.15, 0.2) is 5.78 Å². The third-order valence-electron chi connectivity index (χ3n) is 3.76. The first kappa shape index (κ1) is 11.8. The van der Waals surface area contributed by atoms with Crippen LogP contribution in [0.2, 0.25) is 0 Å². The number of fused-ring (bicyclic) bond motifs is 2. The van der Waals surface area contributed by atoms with Gasteiger partial charge in [-0.2, -0.15) is 0 Å². The molecule has 0 aromatic heterocycles. The summed E-state index contributed by atoms with van der Waals surface area (Å²) in [6.45, 7) is 1.39. The predicted octanol–water partition coefficient (Wildman–Crippen LogP) is 1.01. The van der Waals surface area contributed by atoms with E-state index in [9.17, 15) is 18.8 Å². The maximum absolute atomic E-state index is 14.1. The molecule has 1 aromatic rings. The molecule has 0 radical (unpaired) electrons. The van der Waals surface area contributed by atoms with Gasteiger partial charge < -0.3 is 5.32 Å². The Labute approximate surface area is 108 Å². The van der Waals surface area contributed by atoms with E-state index in [0.717, 1.165) is 0 Å². The molecule has 1 aliphatic heterocycles. The van der Waals surface area contributed by atoms with E-state index in [-0.39, 0.29) is 17.8 Å². The summed E-state index contributed by atoms with van der Waals surface area (Å²) < 4.78 is 14.1. The Morgan fingerprint density at radius 2 is 2.11 bits per heavy atom. The van der Waals surface area contributed by atoms with Crippen LogP contribution < -0.4 is 10.6 Å². The lowest BCUT2D eigenvalue weighted by molar-refractivity contribution is -0.124. The molecule has 98 valence electrons. The van der Waals surface area contributed by atoms with Crippen molar-refractivity contribution >= 4 is 17.7 Å². The van der Waals surface area contributed by atoms with Crippen molar-refractivity contribution in [3.05, 3.63) is 34.6 Å². The third kappa shape index (κ3) is 1.43. The van der Waals surface area contributed by atoms with Crippen molar-refractivity contribution in [1.29, 1.82) is 0 Å². The number of amides is 3. The minimum absolute atomic E-state index is 0.128. The van der Waals surface area contributed by atoms with Gasteiger partial charge in [-0.3, -0.25) is 14.9 Å². The second kappa shape index (κ2) is 3.63. The topological polar surface area (TPSA) is 75.3 Å². The Bertz CT molecular complexity index is 641. The first-order valence-electron chi connectivity index (χ1n) is 5.92. The van der Waals surface area contributed by atoms with Gasteiger partial charge >= 0.3 is 6.03 Å². The molecule has 19 heavy (non-hydrogen) atoms. The fourth-order valence-electron chi connectivity index (χ4n) is 2.95. The highest BCUT2D eigenvalue weighted by Gasteiger charge is 2.53. The molecular weight excluding hydrogens is 251 g/mol. The highest BCUT2D eigenvalue weighted by molar-refractivity contribution is 6.08. The molecule has 1 heterocycles. The fourth-order valence-corrected chi connectivity index (χ4v) is 2.95. The van der Waals surface area contributed by atoms with Crippen LogP contribution >= 0.6 is 0 Å². The maximum atomic E-state index is 14.1. The molecule has 1 unspecified atom stereocenters. The van der Waals surface area contributed by atoms with Gasteiger partial charge in [-0.25, -0.2) is 9.18 Å². The summed E-state index contributed by atoms with van der Waals surface area (Å²) in [5.74, 6) is -1.32. The van der Waals surface area contributed by atoms with E-state index in [1.54, 1.807) is 0 Å². The van der Waals surface area contributed by atoms with Gasteiger partial charge in [0.2, 0.25) is 0 Å². The molecule has 1 aliphatic carbocycles. The first-order chi connectivity index (χ1) is 8.95. The number of rotatable bonds is 1. The number of carbonyl (C=O) groups excluding carboxylic acids is 3. The van der Waals surface area contributed by atoms with Gasteiger partial charge in [-0.15, -0.1) is 0 Å². The molecule has 0 saturated carbocycles. The minimum atomic E-state index is -1.36. The number of imide groups is 1. The molecule has 5 nitrogen and oxygen atoms in total. The Morgan fingerprint density at radius 1 is 1.37 bits per heavy atom. The lowest BCUT2D eigenvalue weighted by Gasteiger charge is -2.21. The number of benzene rings is 1. The Kier molecular flexibility index (Phi) is 2.26. The van der Waals surface area contributed by atoms with Crippen molar-refractivity contribution in [2.45, 2.75) is 25.3 Å². The summed E-state index contributed by atoms with van der Waals surface area (Å²) in [6, 6.07) is 1.95. The van der Waals surface area contributed by atoms with Crippen molar-refractivity contribution in [2.75, 3.05) is 0 Å². The molecule has 6 heteroatoms. The molecule has 2 aliphatic rings. The SMILES string of the molecule is CC(=O)c1ccc(F)c2c1CCC21NC(=O)NC1=O. The van der Waals surface area contributed by atoms with Crippen LogP contribution in [-0.4, -0.2) is 17.7 Å². The average Bonchev–Trinajstić information content (AvgIpc) is 2.83. The molecule has 0 bridgehead atoms. The van der Waals surface area contributed by atoms with E-state index in [1.807, 2.05) is 0 Å². The van der Waals surface area contributed by atoms with E-state index in [0.29, 0.717) is 17.5 Å². The van der Waals surface area contributed by atoms with Crippen LogP contribution in [0, 0.1) is 5.82 Å². The second-order valence-electron chi connectivity index (χ2n) is 4.82. The minimum Gasteiger partial charge on any atom is -0.319 e. The lowest BCUT2D eigenvalue weighted by Crippen LogP contribution is -2.42. The summed E-state index contributed by atoms with van der Waals surface area (Å²) in [6.07, 6.45) is 0.650. The van der Waals surface area contributed by atoms with Crippen LogP contribution in [0.5, 0.6) is 0 Å². The van der Waals surface area contributed by atoms with E-state index in [1.165, 1.54) is 19.1 Å². The number of halogens is 1. The zero-order chi connectivity index (χ0) is 13.8. The number of urea groups is 1. The Hall–Kier alpha value is -2.24. The van der Waals surface area contributed by atoms with E-state index in [2.05, 4.69) is 10.6 Å². The summed E-state index contributed by atoms with van der Waals surface area (Å²) in [4.78, 5) is 34.8. The predicted molar refractivity (Wildman–Crippen MR) is 63.1 cm³/mol. The van der Waals surface area contributed by atoms with Crippen molar-refractivity contribution in [2.24, 2.45) is 0 Å². The summed E-state index contributed by atoms with van der Waals surface area (Å²) in [5, 5.41) is 4.62. The van der Waals surface area contributed by atoms with E-state index in [4.69, 9.17) is 0 Å². The standard InChI is InChI=1S/C13H11FN2O3/c1-6(17)7-2-3-9(14)10-8(7)4-5-13(10)11(18)15-12(19)16-13/h2-3H,4-5H2,1H3,(H2,15,16,18,19). The number of nitrogens with one attached hydrogen (secondary N) is 2. The van der Waals surface area contributed by atoms with Gasteiger partial charge in [0.1, 0.15) is 11.4 Å². The van der Waals surface area contributed by atoms with Crippen LogP contribution in [0.4, 0.5) is 9.18 Å². The molecule has 1 saturated heterocycles. The molecule has 2 N–H and O–H groups in total. The van der Waals surface area contributed by atoms with Gasteiger partial charge in [0.05, 0.1) is 0 Å². The zero-order valence-electron chi connectivity index (χ0n) is 10.2. The van der Waals surface area contributed by atoms with Gasteiger partial charge in [0.25, 0.3) is 5.91 Å². The molecule has 1 aromatic carbocycles. The second-order valence-corrected chi connectivity index (χ2v) is 4.82. The van der Waals surface area contributed by atoms with Crippen LogP contribution in [0.3, 0.4) is 0 Å². The number of hydrogen-bond donors (Lipinski definition) is 2. The molecule has 1 atom stereocenters. The quantitative estimate of drug-likeness (QED) is 0.586. The van der Waals surface area contributed by atoms with Crippen molar-refractivity contribution in [3.8, 4) is 0 Å². The van der Waals surface area contributed by atoms with Gasteiger partial charge in [-0.1, -0.05) is 0 Å². The van der Waals surface area contributed by atoms with E-state index < -0.39 is 23.3 Å². The van der Waals surface area contributed by atoms with Crippen molar-refractivity contribution in [1.82, 2.24) is 10.6 Å². The normalized spacial score (nSPS) is 24.3. The molecule has 3 rings (SSSR count). The van der Waals surface area contributed by atoms with Crippen LogP contribution in [-0.2, 0) is 16.8 Å². The highest BCUT2D eigenvalue weighted by Crippen LogP contribution is 2.42. The Morgan fingerprint density at radius 3 is 2.68 bits per heavy atom. The molecular formula is C13H11FN2O3. The van der Waals surface area contributed by atoms with Crippen molar-refractivity contribution < 1.29 is 18.8 Å². The van der Waals surface area contributed by atoms with Crippen LogP contribution in [0.1, 0.15) is 34.8 Å². The third-order valence-corrected chi connectivity index (χ3v) is 3.76. The van der Waals surface area contributed by atoms with Crippen molar-refractivity contribution in [3.63, 3.8) is 0 Å². The highest BCUT2D eigenvalue weighted by atomic mass is 19.1. The van der Waals surface area contributed by atoms with E-state index >= 15 is 0 Å². The summed E-state index contributed by atoms with van der Waals surface area (Å²) in [7, 11) is 0. The number of hydrogen-bond acceptors (Lipinski definition) is 3. The fraction of sp³-hybridized carbons (Fsp3) is 0.308. The smallest absolute Gasteiger partial charge is 0.319 e. The lowest BCUT2D eigenvalue weighted by atomic mass is 9.90. The molecule has 3 amide bonds. The molecule has 1 fully saturated rings. The summed E-state index contributed by atoms with van der Waals surface area (Å²) >= 11 is 0. The molecule has 1 spiro atoms. The largest absolute Gasteiger partial charge is 0.322 e. The van der Waals surface area contributed by atoms with Crippen LogP contribution in [0.15, 0.2) is 12.1 Å². The van der Waals surface area contributed by atoms with Gasteiger partial charge in [0, 0.05) is 11.1 Å².